The van der Waals surface area contributed by atoms with Crippen LogP contribution in [0.1, 0.15) is 5.56 Å². The minimum Gasteiger partial charge on any atom is -0.326 e. The number of rotatable bonds is 8. The highest BCUT2D eigenvalue weighted by Gasteiger charge is 2.22. The van der Waals surface area contributed by atoms with Crippen molar-refractivity contribution >= 4 is 44.8 Å². The fraction of sp³-hybridized carbons (Fsp3) is 0.103. The van der Waals surface area contributed by atoms with Gasteiger partial charge >= 0.3 is 6.03 Å². The summed E-state index contributed by atoms with van der Waals surface area (Å²) in [5.74, 6) is -0.403. The highest BCUT2D eigenvalue weighted by atomic mass is 35.5. The van der Waals surface area contributed by atoms with Gasteiger partial charge in [0, 0.05) is 34.6 Å². The van der Waals surface area contributed by atoms with Crippen LogP contribution in [0.2, 0.25) is 5.02 Å². The lowest BCUT2D eigenvalue weighted by Gasteiger charge is -2.19. The van der Waals surface area contributed by atoms with Crippen LogP contribution in [0, 0.1) is 0 Å². The minimum absolute atomic E-state index is 0.231. The number of benzene rings is 4. The van der Waals surface area contributed by atoms with E-state index in [9.17, 15) is 18.0 Å². The quantitative estimate of drug-likeness (QED) is 0.260. The summed E-state index contributed by atoms with van der Waals surface area (Å²) in [7, 11) is -3.41. The molecule has 4 aromatic rings. The summed E-state index contributed by atoms with van der Waals surface area (Å²) in [6.07, 6.45) is 1.44. The number of nitrogens with one attached hydrogen (secondary N) is 3. The van der Waals surface area contributed by atoms with Crippen molar-refractivity contribution in [2.75, 3.05) is 16.9 Å². The molecule has 0 aliphatic heterocycles. The molecule has 0 aliphatic rings. The van der Waals surface area contributed by atoms with Crippen LogP contribution in [0.5, 0.6) is 0 Å². The molecule has 4 aromatic carbocycles. The molecule has 1 unspecified atom stereocenters. The van der Waals surface area contributed by atoms with Crippen molar-refractivity contribution in [3.63, 3.8) is 0 Å². The first-order chi connectivity index (χ1) is 18.2. The SMILES string of the molecule is CS(=O)(=O)c1ccccc1-c1ccc(NC(=O)C(Cc2ccccc2)NC(=O)Nc2cccc(Cl)c2)cc1. The molecule has 0 saturated carbocycles. The van der Waals surface area contributed by atoms with Gasteiger partial charge in [-0.1, -0.05) is 78.3 Å². The highest BCUT2D eigenvalue weighted by Crippen LogP contribution is 2.28. The third-order valence-corrected chi connectivity index (χ3v) is 7.13. The van der Waals surface area contributed by atoms with Crippen molar-refractivity contribution in [1.29, 1.82) is 0 Å². The van der Waals surface area contributed by atoms with Gasteiger partial charge in [0.05, 0.1) is 4.90 Å². The van der Waals surface area contributed by atoms with E-state index >= 15 is 0 Å². The van der Waals surface area contributed by atoms with E-state index in [1.54, 1.807) is 72.8 Å². The van der Waals surface area contributed by atoms with E-state index in [-0.39, 0.29) is 11.3 Å². The number of hydrogen-bond donors (Lipinski definition) is 3. The van der Waals surface area contributed by atoms with Gasteiger partial charge in [0.2, 0.25) is 5.91 Å². The monoisotopic (exact) mass is 547 g/mol. The van der Waals surface area contributed by atoms with E-state index in [1.165, 1.54) is 6.26 Å². The molecule has 0 bridgehead atoms. The second-order valence-corrected chi connectivity index (χ2v) is 11.1. The molecule has 0 fully saturated rings. The maximum absolute atomic E-state index is 13.2. The summed E-state index contributed by atoms with van der Waals surface area (Å²) >= 11 is 6.00. The average molecular weight is 548 g/mol. The van der Waals surface area contributed by atoms with Crippen LogP contribution in [0.25, 0.3) is 11.1 Å². The van der Waals surface area contributed by atoms with Crippen molar-refractivity contribution in [3.05, 3.63) is 114 Å². The molecular formula is C29H26ClN3O4S. The Labute approximate surface area is 226 Å². The topological polar surface area (TPSA) is 104 Å². The Bertz CT molecular complexity index is 1540. The van der Waals surface area contributed by atoms with Crippen molar-refractivity contribution in [2.24, 2.45) is 0 Å². The zero-order valence-corrected chi connectivity index (χ0v) is 22.1. The first-order valence-corrected chi connectivity index (χ1v) is 14.0. The van der Waals surface area contributed by atoms with Crippen LogP contribution in [0.4, 0.5) is 16.2 Å². The van der Waals surface area contributed by atoms with Crippen molar-refractivity contribution in [3.8, 4) is 11.1 Å². The summed E-state index contributed by atoms with van der Waals surface area (Å²) in [5.41, 5.74) is 3.16. The van der Waals surface area contributed by atoms with E-state index in [0.717, 1.165) is 5.56 Å². The molecular weight excluding hydrogens is 522 g/mol. The summed E-state index contributed by atoms with van der Waals surface area (Å²) in [5, 5.41) is 8.76. The van der Waals surface area contributed by atoms with Gasteiger partial charge in [0.25, 0.3) is 0 Å². The first-order valence-electron chi connectivity index (χ1n) is 11.8. The van der Waals surface area contributed by atoms with Crippen LogP contribution in [-0.2, 0) is 21.1 Å². The van der Waals surface area contributed by atoms with Crippen LogP contribution in [-0.4, -0.2) is 32.7 Å². The minimum atomic E-state index is -3.41. The molecule has 194 valence electrons. The number of sulfone groups is 1. The fourth-order valence-electron chi connectivity index (χ4n) is 3.94. The van der Waals surface area contributed by atoms with Gasteiger partial charge in [0.15, 0.2) is 9.84 Å². The van der Waals surface area contributed by atoms with Crippen molar-refractivity contribution < 1.29 is 18.0 Å². The Kier molecular flexibility index (Phi) is 8.45. The molecule has 0 saturated heterocycles. The second kappa shape index (κ2) is 11.9. The maximum Gasteiger partial charge on any atom is 0.319 e. The van der Waals surface area contributed by atoms with Crippen molar-refractivity contribution in [1.82, 2.24) is 5.32 Å². The lowest BCUT2D eigenvalue weighted by Crippen LogP contribution is -2.46. The van der Waals surface area contributed by atoms with E-state index in [4.69, 9.17) is 11.6 Å². The molecule has 1 atom stereocenters. The van der Waals surface area contributed by atoms with Gasteiger partial charge in [-0.25, -0.2) is 13.2 Å². The Morgan fingerprint density at radius 3 is 2.16 bits per heavy atom. The number of carbonyl (C=O) groups excluding carboxylic acids is 2. The van der Waals surface area contributed by atoms with Gasteiger partial charge in [-0.3, -0.25) is 4.79 Å². The summed E-state index contributed by atoms with van der Waals surface area (Å²) in [6, 6.07) is 28.3. The molecule has 0 spiro atoms. The normalized spacial score (nSPS) is 11.8. The molecule has 3 amide bonds. The van der Waals surface area contributed by atoms with Gasteiger partial charge in [0.1, 0.15) is 6.04 Å². The van der Waals surface area contributed by atoms with Crippen LogP contribution >= 0.6 is 11.6 Å². The van der Waals surface area contributed by atoms with Crippen LogP contribution in [0.3, 0.4) is 0 Å². The Morgan fingerprint density at radius 2 is 1.47 bits per heavy atom. The molecule has 0 aromatic heterocycles. The standard InChI is InChI=1S/C29H26ClN3O4S/c1-38(36,37)27-13-6-5-12-25(27)21-14-16-23(17-15-21)31-28(34)26(18-20-8-3-2-4-9-20)33-29(35)32-24-11-7-10-22(30)19-24/h2-17,19,26H,18H2,1H3,(H,31,34)(H2,32,33,35). The second-order valence-electron chi connectivity index (χ2n) is 8.69. The third kappa shape index (κ3) is 7.21. The Morgan fingerprint density at radius 1 is 0.789 bits per heavy atom. The Balaban J connectivity index is 1.50. The molecule has 9 heteroatoms. The molecule has 0 heterocycles. The zero-order valence-electron chi connectivity index (χ0n) is 20.5. The average Bonchev–Trinajstić information content (AvgIpc) is 2.89. The summed E-state index contributed by atoms with van der Waals surface area (Å²) in [6.45, 7) is 0. The van der Waals surface area contributed by atoms with E-state index in [1.807, 2.05) is 30.3 Å². The van der Waals surface area contributed by atoms with Gasteiger partial charge in [-0.15, -0.1) is 0 Å². The van der Waals surface area contributed by atoms with Crippen LogP contribution in [0.15, 0.2) is 108 Å². The predicted molar refractivity (Wildman–Crippen MR) is 151 cm³/mol. The number of halogens is 1. The molecule has 38 heavy (non-hydrogen) atoms. The molecule has 0 aliphatic carbocycles. The maximum atomic E-state index is 13.2. The summed E-state index contributed by atoms with van der Waals surface area (Å²) < 4.78 is 24.4. The molecule has 4 rings (SSSR count). The van der Waals surface area contributed by atoms with Crippen molar-refractivity contribution in [2.45, 2.75) is 17.4 Å². The lowest BCUT2D eigenvalue weighted by atomic mass is 10.0. The van der Waals surface area contributed by atoms with E-state index in [2.05, 4.69) is 16.0 Å². The van der Waals surface area contributed by atoms with Crippen LogP contribution < -0.4 is 16.0 Å². The van der Waals surface area contributed by atoms with Gasteiger partial charge in [-0.05, 0) is 47.5 Å². The van der Waals surface area contributed by atoms with Gasteiger partial charge < -0.3 is 16.0 Å². The predicted octanol–water partition coefficient (Wildman–Crippen LogP) is 5.78. The highest BCUT2D eigenvalue weighted by molar-refractivity contribution is 7.90. The number of amides is 3. The third-order valence-electron chi connectivity index (χ3n) is 5.74. The largest absolute Gasteiger partial charge is 0.326 e. The smallest absolute Gasteiger partial charge is 0.319 e. The first kappa shape index (κ1) is 26.9. The van der Waals surface area contributed by atoms with E-state index < -0.39 is 27.8 Å². The Hall–Kier alpha value is -4.14. The molecule has 7 nitrogen and oxygen atoms in total. The number of carbonyl (C=O) groups is 2. The molecule has 3 N–H and O–H groups in total. The number of urea groups is 1. The molecule has 0 radical (unpaired) electrons. The summed E-state index contributed by atoms with van der Waals surface area (Å²) in [4.78, 5) is 26.2. The zero-order chi connectivity index (χ0) is 27.1. The lowest BCUT2D eigenvalue weighted by molar-refractivity contribution is -0.117. The van der Waals surface area contributed by atoms with Gasteiger partial charge in [-0.2, -0.15) is 0 Å². The number of hydrogen-bond acceptors (Lipinski definition) is 4. The van der Waals surface area contributed by atoms with E-state index in [0.29, 0.717) is 27.5 Å². The number of anilines is 2. The fourth-order valence-corrected chi connectivity index (χ4v) is 5.04.